The van der Waals surface area contributed by atoms with Gasteiger partial charge in [-0.2, -0.15) is 10.6 Å². The number of benzene rings is 2. The summed E-state index contributed by atoms with van der Waals surface area (Å²) < 4.78 is 0. The number of halogens is 1. The lowest BCUT2D eigenvalue weighted by Crippen LogP contribution is -2.50. The van der Waals surface area contributed by atoms with Crippen molar-refractivity contribution in [1.82, 2.24) is 20.6 Å². The van der Waals surface area contributed by atoms with Gasteiger partial charge in [-0.05, 0) is 41.9 Å². The second kappa shape index (κ2) is 9.87. The molecule has 7 nitrogen and oxygen atoms in total. The Hall–Kier alpha value is -2.00. The Bertz CT molecular complexity index is 1020. The van der Waals surface area contributed by atoms with E-state index >= 15 is 0 Å². The Morgan fingerprint density at radius 2 is 1.94 bits per heavy atom. The fraction of sp³-hybridized carbons (Fsp3) is 0.458. The van der Waals surface area contributed by atoms with Crippen LogP contribution >= 0.6 is 11.6 Å². The first-order chi connectivity index (χ1) is 15.4. The molecule has 1 aromatic heterocycles. The molecule has 0 radical (unpaired) electrons. The third-order valence-corrected chi connectivity index (χ3v) is 6.96. The molecule has 1 unspecified atom stereocenters. The van der Waals surface area contributed by atoms with Gasteiger partial charge in [0.25, 0.3) is 0 Å². The van der Waals surface area contributed by atoms with Crippen LogP contribution in [0, 0.1) is 11.3 Å². The third kappa shape index (κ3) is 4.98. The van der Waals surface area contributed by atoms with Gasteiger partial charge in [0.15, 0.2) is 6.35 Å². The number of hydrogen-bond donors (Lipinski definition) is 4. The minimum Gasteiger partial charge on any atom is -0.388 e. The van der Waals surface area contributed by atoms with Crippen LogP contribution in [0.5, 0.6) is 0 Å². The minimum atomic E-state index is -0.870. The molecule has 2 heterocycles. The molecule has 3 aromatic rings. The number of hydrogen-bond acceptors (Lipinski definition) is 6. The van der Waals surface area contributed by atoms with Gasteiger partial charge >= 0.3 is 0 Å². The van der Waals surface area contributed by atoms with Crippen LogP contribution in [-0.4, -0.2) is 44.8 Å². The van der Waals surface area contributed by atoms with Crippen LogP contribution in [0.15, 0.2) is 48.7 Å². The van der Waals surface area contributed by atoms with Gasteiger partial charge in [-0.3, -0.25) is 14.8 Å². The highest BCUT2D eigenvalue weighted by Crippen LogP contribution is 2.46. The number of nitrogens with one attached hydrogen (secondary N) is 2. The van der Waals surface area contributed by atoms with Crippen molar-refractivity contribution in [2.75, 3.05) is 13.1 Å². The molecule has 32 heavy (non-hydrogen) atoms. The SMILES string of the molecule is CC(C)(C1CCN(C(O)NOCc2ccccc2)CC1)[C@H](O)c1cc(Cl)cc2cn[nH]c12. The second-order valence-corrected chi connectivity index (χ2v) is 9.57. The first-order valence-corrected chi connectivity index (χ1v) is 11.4. The van der Waals surface area contributed by atoms with Crippen LogP contribution in [0.1, 0.15) is 43.9 Å². The Kier molecular flexibility index (Phi) is 7.14. The lowest BCUT2D eigenvalue weighted by atomic mass is 9.68. The predicted octanol–water partition coefficient (Wildman–Crippen LogP) is 3.99. The van der Waals surface area contributed by atoms with E-state index in [-0.39, 0.29) is 11.3 Å². The minimum absolute atomic E-state index is 0.281. The number of aliphatic hydroxyl groups excluding tert-OH is 2. The summed E-state index contributed by atoms with van der Waals surface area (Å²) >= 11 is 6.29. The van der Waals surface area contributed by atoms with E-state index < -0.39 is 12.5 Å². The number of aromatic nitrogens is 2. The highest BCUT2D eigenvalue weighted by Gasteiger charge is 2.40. The molecule has 1 fully saturated rings. The first kappa shape index (κ1) is 23.2. The van der Waals surface area contributed by atoms with Crippen LogP contribution in [0.3, 0.4) is 0 Å². The van der Waals surface area contributed by atoms with E-state index in [1.165, 1.54) is 0 Å². The molecule has 4 N–H and O–H groups in total. The number of rotatable bonds is 8. The van der Waals surface area contributed by atoms with Crippen molar-refractivity contribution in [3.8, 4) is 0 Å². The fourth-order valence-electron chi connectivity index (χ4n) is 4.62. The zero-order chi connectivity index (χ0) is 22.7. The highest BCUT2D eigenvalue weighted by atomic mass is 35.5. The van der Waals surface area contributed by atoms with E-state index in [9.17, 15) is 10.2 Å². The Balaban J connectivity index is 1.34. The predicted molar refractivity (Wildman–Crippen MR) is 125 cm³/mol. The summed E-state index contributed by atoms with van der Waals surface area (Å²) in [4.78, 5) is 7.42. The standard InChI is InChI=1S/C24H31ClN4O3/c1-24(2,22(30)20-13-19(25)12-17-14-26-27-21(17)20)18-8-10-29(11-9-18)23(31)28-32-15-16-6-4-3-5-7-16/h3-7,12-14,18,22-23,28,30-31H,8-11,15H2,1-2H3,(H,26,27)/t22-,23?/m1/s1. The van der Waals surface area contributed by atoms with Crippen LogP contribution in [0.2, 0.25) is 5.02 Å². The monoisotopic (exact) mass is 458 g/mol. The summed E-state index contributed by atoms with van der Waals surface area (Å²) in [6.45, 7) is 5.99. The molecule has 2 atom stereocenters. The normalized spacial score (nSPS) is 18.2. The van der Waals surface area contributed by atoms with Crippen molar-refractivity contribution >= 4 is 22.5 Å². The van der Waals surface area contributed by atoms with Crippen molar-refractivity contribution in [3.63, 3.8) is 0 Å². The number of hydroxylamine groups is 1. The number of H-pyrrole nitrogens is 1. The van der Waals surface area contributed by atoms with Gasteiger partial charge in [0.05, 0.1) is 24.4 Å². The van der Waals surface area contributed by atoms with Gasteiger partial charge in [-0.25, -0.2) is 0 Å². The molecule has 0 bridgehead atoms. The number of aromatic amines is 1. The summed E-state index contributed by atoms with van der Waals surface area (Å²) in [7, 11) is 0. The van der Waals surface area contributed by atoms with Gasteiger partial charge in [0, 0.05) is 29.1 Å². The summed E-state index contributed by atoms with van der Waals surface area (Å²) in [5.41, 5.74) is 4.98. The Labute approximate surface area is 193 Å². The van der Waals surface area contributed by atoms with Gasteiger partial charge in [-0.1, -0.05) is 55.8 Å². The quantitative estimate of drug-likeness (QED) is 0.301. The Morgan fingerprint density at radius 1 is 1.22 bits per heavy atom. The van der Waals surface area contributed by atoms with Crippen LogP contribution < -0.4 is 5.48 Å². The summed E-state index contributed by atoms with van der Waals surface area (Å²) in [5, 5.41) is 30.4. The van der Waals surface area contributed by atoms with Crippen LogP contribution in [-0.2, 0) is 11.4 Å². The van der Waals surface area contributed by atoms with E-state index in [1.807, 2.05) is 47.4 Å². The number of fused-ring (bicyclic) bond motifs is 1. The number of aliphatic hydroxyl groups is 2. The van der Waals surface area contributed by atoms with Gasteiger partial charge in [0.1, 0.15) is 0 Å². The fourth-order valence-corrected chi connectivity index (χ4v) is 4.86. The number of nitrogens with zero attached hydrogens (tertiary/aromatic N) is 2. The molecule has 1 saturated heterocycles. The maximum Gasteiger partial charge on any atom is 0.185 e. The van der Waals surface area contributed by atoms with Crippen molar-refractivity contribution in [1.29, 1.82) is 0 Å². The molecular formula is C24H31ClN4O3. The number of piperidine rings is 1. The van der Waals surface area contributed by atoms with E-state index in [2.05, 4.69) is 29.5 Å². The van der Waals surface area contributed by atoms with Crippen LogP contribution in [0.4, 0.5) is 0 Å². The molecule has 8 heteroatoms. The van der Waals surface area contributed by atoms with Crippen molar-refractivity contribution in [2.45, 2.75) is 45.8 Å². The van der Waals surface area contributed by atoms with E-state index in [1.54, 1.807) is 6.20 Å². The molecule has 0 spiro atoms. The van der Waals surface area contributed by atoms with Crippen molar-refractivity contribution < 1.29 is 15.1 Å². The Morgan fingerprint density at radius 3 is 2.66 bits per heavy atom. The maximum absolute atomic E-state index is 11.3. The molecule has 0 saturated carbocycles. The third-order valence-electron chi connectivity index (χ3n) is 6.74. The second-order valence-electron chi connectivity index (χ2n) is 9.13. The molecule has 2 aromatic carbocycles. The molecule has 0 amide bonds. The van der Waals surface area contributed by atoms with Crippen LogP contribution in [0.25, 0.3) is 10.9 Å². The smallest absolute Gasteiger partial charge is 0.185 e. The maximum atomic E-state index is 11.3. The highest BCUT2D eigenvalue weighted by molar-refractivity contribution is 6.31. The summed E-state index contributed by atoms with van der Waals surface area (Å²) in [5.74, 6) is 0.281. The molecule has 172 valence electrons. The number of likely N-dealkylation sites (tertiary alicyclic amines) is 1. The summed E-state index contributed by atoms with van der Waals surface area (Å²) in [6, 6.07) is 13.5. The average molecular weight is 459 g/mol. The molecular weight excluding hydrogens is 428 g/mol. The zero-order valence-electron chi connectivity index (χ0n) is 18.5. The van der Waals surface area contributed by atoms with Gasteiger partial charge in [-0.15, -0.1) is 0 Å². The van der Waals surface area contributed by atoms with E-state index in [0.717, 1.165) is 34.9 Å². The largest absolute Gasteiger partial charge is 0.388 e. The summed E-state index contributed by atoms with van der Waals surface area (Å²) in [6.07, 6.45) is 1.86. The molecule has 1 aliphatic rings. The average Bonchev–Trinajstić information content (AvgIpc) is 3.27. The lowest BCUT2D eigenvalue weighted by Gasteiger charge is -2.44. The molecule has 1 aliphatic heterocycles. The molecule has 0 aliphatic carbocycles. The van der Waals surface area contributed by atoms with Crippen molar-refractivity contribution in [3.05, 3.63) is 64.8 Å². The topological polar surface area (TPSA) is 93.6 Å². The van der Waals surface area contributed by atoms with Crippen molar-refractivity contribution in [2.24, 2.45) is 11.3 Å². The first-order valence-electron chi connectivity index (χ1n) is 11.0. The van der Waals surface area contributed by atoms with Gasteiger partial charge in [0.2, 0.25) is 0 Å². The van der Waals surface area contributed by atoms with Gasteiger partial charge < -0.3 is 10.2 Å². The zero-order valence-corrected chi connectivity index (χ0v) is 19.2. The molecule has 4 rings (SSSR count). The van der Waals surface area contributed by atoms with E-state index in [0.29, 0.717) is 24.7 Å². The van der Waals surface area contributed by atoms with E-state index in [4.69, 9.17) is 16.4 Å². The lowest BCUT2D eigenvalue weighted by molar-refractivity contribution is -0.147.